The van der Waals surface area contributed by atoms with Crippen molar-refractivity contribution >= 4 is 5.97 Å². The summed E-state index contributed by atoms with van der Waals surface area (Å²) in [5.74, 6) is -150. The summed E-state index contributed by atoms with van der Waals surface area (Å²) in [5.41, 5.74) is -9.53. The SMILES string of the molecule is C=CC(=O)OCCC(F)(F)C(F)(F)C(F)(F)C(F)(F)C(F)(F)C(F)(F)C(F)(F)C(F)(F)C(F)(F)C(F)(F)C(F)(F)C(F)(F)C(F)(F)C(F)(F)C(F)(F)C(F)(C(F)(F)F)C(F)(F)F. The van der Waals surface area contributed by atoms with Crippen LogP contribution in [0.3, 0.4) is 0 Å². The van der Waals surface area contributed by atoms with E-state index >= 15 is 0 Å². The number of halogens is 37. The van der Waals surface area contributed by atoms with Gasteiger partial charge in [0.25, 0.3) is 0 Å². The number of alkyl halides is 37. The predicted octanol–water partition coefficient (Wildman–Crippen LogP) is 12.5. The van der Waals surface area contributed by atoms with Crippen LogP contribution in [0.2, 0.25) is 0 Å². The third-order valence-electron chi connectivity index (χ3n) is 7.63. The lowest BCUT2D eigenvalue weighted by Crippen LogP contribution is -2.81. The van der Waals surface area contributed by atoms with Crippen LogP contribution in [0.5, 0.6) is 0 Å². The van der Waals surface area contributed by atoms with Gasteiger partial charge in [-0.1, -0.05) is 6.58 Å². The van der Waals surface area contributed by atoms with Gasteiger partial charge in [-0.25, -0.2) is 9.18 Å². The molecule has 0 heterocycles. The van der Waals surface area contributed by atoms with E-state index in [2.05, 4.69) is 11.3 Å². The molecule has 0 atom stereocenters. The highest BCUT2D eigenvalue weighted by Crippen LogP contribution is 2.71. The average Bonchev–Trinajstić information content (AvgIpc) is 3.05. The number of hydrogen-bond acceptors (Lipinski definition) is 2. The monoisotopic (exact) mass is 1020 g/mol. The van der Waals surface area contributed by atoms with Crippen LogP contribution < -0.4 is 0 Å². The molecule has 0 saturated heterocycles. The summed E-state index contributed by atoms with van der Waals surface area (Å²) >= 11 is 0. The van der Waals surface area contributed by atoms with Gasteiger partial charge in [0.15, 0.2) is 0 Å². The Labute approximate surface area is 311 Å². The fourth-order valence-corrected chi connectivity index (χ4v) is 3.82. The van der Waals surface area contributed by atoms with Crippen molar-refractivity contribution in [2.75, 3.05) is 6.61 Å². The average molecular weight is 1020 g/mol. The molecule has 370 valence electrons. The van der Waals surface area contributed by atoms with Gasteiger partial charge in [-0.15, -0.1) is 0 Å². The van der Waals surface area contributed by atoms with Crippen molar-refractivity contribution < 1.29 is 172 Å². The second-order valence-electron chi connectivity index (χ2n) is 11.5. The number of hydrogen-bond donors (Lipinski definition) is 0. The summed E-state index contributed by atoms with van der Waals surface area (Å²) in [6.07, 6.45) is -21.4. The van der Waals surface area contributed by atoms with Crippen molar-refractivity contribution in [1.29, 1.82) is 0 Å². The minimum atomic E-state index is -10.5. The van der Waals surface area contributed by atoms with Crippen LogP contribution >= 0.6 is 0 Å². The van der Waals surface area contributed by atoms with Crippen molar-refractivity contribution in [3.8, 4) is 0 Å². The van der Waals surface area contributed by atoms with Crippen LogP contribution in [-0.2, 0) is 9.53 Å². The molecule has 0 radical (unpaired) electrons. The zero-order valence-electron chi connectivity index (χ0n) is 27.0. The lowest BCUT2D eigenvalue weighted by atomic mass is 9.81. The van der Waals surface area contributed by atoms with E-state index in [0.717, 1.165) is 0 Å². The van der Waals surface area contributed by atoms with Gasteiger partial charge in [-0.05, 0) is 0 Å². The van der Waals surface area contributed by atoms with Crippen molar-refractivity contribution in [3.05, 3.63) is 12.7 Å². The highest BCUT2D eigenvalue weighted by atomic mass is 19.4. The zero-order chi connectivity index (χ0) is 51.4. The number of esters is 1. The first-order valence-corrected chi connectivity index (χ1v) is 13.5. The molecule has 0 spiro atoms. The molecule has 0 saturated carbocycles. The van der Waals surface area contributed by atoms with Crippen molar-refractivity contribution in [1.82, 2.24) is 0 Å². The third kappa shape index (κ3) is 6.96. The first kappa shape index (κ1) is 58.6. The molecule has 0 N–H and O–H groups in total. The topological polar surface area (TPSA) is 26.3 Å². The standard InChI is InChI=1S/C23H7F37O2/c1-2-5(61)62-4-3-6(24,25)8(27,28)10(31,32)12(35,36)14(39,40)16(43,44)18(47,48)20(51,52)21(53,54)19(49,50)17(45,46)15(41,42)13(37,38)11(33,34)9(29,30)7(26,22(55,56)57)23(58,59)60/h2H,1,3-4H2. The maximum atomic E-state index is 14.0. The third-order valence-corrected chi connectivity index (χ3v) is 7.63. The fraction of sp³-hybridized carbons (Fsp3) is 0.870. The number of ether oxygens (including phenoxy) is 1. The first-order chi connectivity index (χ1) is 26.2. The summed E-state index contributed by atoms with van der Waals surface area (Å²) in [4.78, 5) is 10.7. The maximum Gasteiger partial charge on any atom is 0.438 e. The molecule has 0 aromatic heterocycles. The molecule has 0 fully saturated rings. The number of carbonyl (C=O) groups is 1. The summed E-state index contributed by atoms with van der Waals surface area (Å²) in [5, 5.41) is 0. The molecule has 0 aromatic rings. The maximum absolute atomic E-state index is 14.0. The normalized spacial score (nSPS) is 16.7. The molecular weight excluding hydrogens is 1010 g/mol. The van der Waals surface area contributed by atoms with Crippen LogP contribution in [-0.4, -0.2) is 119 Å². The van der Waals surface area contributed by atoms with Gasteiger partial charge in [-0.2, -0.15) is 158 Å². The van der Waals surface area contributed by atoms with Gasteiger partial charge in [0.05, 0.1) is 13.0 Å². The molecular formula is C23H7F37O2. The Morgan fingerprint density at radius 1 is 0.323 bits per heavy atom. The van der Waals surface area contributed by atoms with Gasteiger partial charge in [0, 0.05) is 6.08 Å². The highest BCUT2D eigenvalue weighted by molar-refractivity contribution is 5.81. The Bertz CT molecular complexity index is 1630. The van der Waals surface area contributed by atoms with E-state index in [9.17, 15) is 167 Å². The van der Waals surface area contributed by atoms with Gasteiger partial charge in [-0.3, -0.25) is 0 Å². The van der Waals surface area contributed by atoms with E-state index in [4.69, 9.17) is 0 Å². The lowest BCUT2D eigenvalue weighted by molar-refractivity contribution is -0.494. The van der Waals surface area contributed by atoms with Crippen LogP contribution in [0.4, 0.5) is 162 Å². The second-order valence-corrected chi connectivity index (χ2v) is 11.5. The first-order valence-electron chi connectivity index (χ1n) is 13.5. The largest absolute Gasteiger partial charge is 0.462 e. The minimum Gasteiger partial charge on any atom is -0.462 e. The highest BCUT2D eigenvalue weighted by Gasteiger charge is 3.03. The molecule has 0 aliphatic heterocycles. The molecule has 0 bridgehead atoms. The van der Waals surface area contributed by atoms with Crippen LogP contribution in [0.25, 0.3) is 0 Å². The van der Waals surface area contributed by atoms with E-state index in [0.29, 0.717) is 0 Å². The van der Waals surface area contributed by atoms with Crippen molar-refractivity contribution in [3.63, 3.8) is 0 Å². The number of rotatable bonds is 19. The van der Waals surface area contributed by atoms with E-state index in [1.807, 2.05) is 0 Å². The smallest absolute Gasteiger partial charge is 0.438 e. The van der Waals surface area contributed by atoms with Crippen LogP contribution in [0.1, 0.15) is 6.42 Å². The van der Waals surface area contributed by atoms with E-state index < -0.39 is 126 Å². The molecule has 39 heteroatoms. The Hall–Kier alpha value is -3.38. The summed E-state index contributed by atoms with van der Waals surface area (Å²) < 4.78 is 509. The molecule has 2 nitrogen and oxygen atoms in total. The number of carbonyl (C=O) groups excluding carboxylic acids is 1. The van der Waals surface area contributed by atoms with Crippen LogP contribution in [0, 0.1) is 0 Å². The van der Waals surface area contributed by atoms with Gasteiger partial charge < -0.3 is 4.74 Å². The Morgan fingerprint density at radius 3 is 0.677 bits per heavy atom. The van der Waals surface area contributed by atoms with Crippen LogP contribution in [0.15, 0.2) is 12.7 Å². The minimum absolute atomic E-state index is 0.0984. The molecule has 0 aliphatic carbocycles. The van der Waals surface area contributed by atoms with Gasteiger partial charge in [0.1, 0.15) is 0 Å². The Kier molecular flexibility index (Phi) is 14.0. The molecule has 62 heavy (non-hydrogen) atoms. The van der Waals surface area contributed by atoms with Crippen molar-refractivity contribution in [2.24, 2.45) is 0 Å². The van der Waals surface area contributed by atoms with Crippen molar-refractivity contribution in [2.45, 2.75) is 113 Å². The molecule has 0 rings (SSSR count). The second kappa shape index (κ2) is 14.8. The molecule has 0 amide bonds. The predicted molar refractivity (Wildman–Crippen MR) is 116 cm³/mol. The summed E-state index contributed by atoms with van der Waals surface area (Å²) in [6.45, 7) is -0.00200. The fourth-order valence-electron chi connectivity index (χ4n) is 3.82. The van der Waals surface area contributed by atoms with E-state index in [-0.39, 0.29) is 6.08 Å². The Balaban J connectivity index is 7.83. The lowest BCUT2D eigenvalue weighted by Gasteiger charge is -2.47. The Morgan fingerprint density at radius 2 is 0.500 bits per heavy atom. The summed E-state index contributed by atoms with van der Waals surface area (Å²) in [7, 11) is 0. The van der Waals surface area contributed by atoms with Gasteiger partial charge in [0.2, 0.25) is 0 Å². The summed E-state index contributed by atoms with van der Waals surface area (Å²) in [6, 6.07) is 0. The quantitative estimate of drug-likeness (QED) is 0.0732. The van der Waals surface area contributed by atoms with E-state index in [1.54, 1.807) is 0 Å². The molecule has 0 aliphatic rings. The van der Waals surface area contributed by atoms with E-state index in [1.165, 1.54) is 0 Å². The molecule has 0 unspecified atom stereocenters. The van der Waals surface area contributed by atoms with Gasteiger partial charge >= 0.3 is 113 Å². The zero-order valence-corrected chi connectivity index (χ0v) is 27.0. The molecule has 0 aromatic carbocycles.